The Bertz CT molecular complexity index is 1070. The lowest BCUT2D eigenvalue weighted by molar-refractivity contribution is -0.0494. The van der Waals surface area contributed by atoms with Crippen molar-refractivity contribution in [2.45, 2.75) is 94.8 Å². The molecule has 170 valence electrons. The van der Waals surface area contributed by atoms with Crippen LogP contribution in [-0.4, -0.2) is 43.7 Å². The molecule has 1 aromatic heterocycles. The smallest absolute Gasteiger partial charge is 0.372 e. The fourth-order valence-electron chi connectivity index (χ4n) is 7.77. The third-order valence-corrected chi connectivity index (χ3v) is 8.89. The lowest BCUT2D eigenvalue weighted by Crippen LogP contribution is -2.58. The average molecular weight is 436 g/mol. The molecule has 2 aliphatic carbocycles. The minimum absolute atomic E-state index is 0.0830. The first kappa shape index (κ1) is 20.4. The number of benzene rings is 1. The van der Waals surface area contributed by atoms with Crippen LogP contribution in [0.2, 0.25) is 0 Å². The van der Waals surface area contributed by atoms with Gasteiger partial charge in [-0.05, 0) is 68.9 Å². The summed E-state index contributed by atoms with van der Waals surface area (Å²) in [7, 11) is 0. The molecule has 4 bridgehead atoms. The molecule has 2 saturated heterocycles. The van der Waals surface area contributed by atoms with Crippen LogP contribution in [0.15, 0.2) is 29.1 Å². The van der Waals surface area contributed by atoms with E-state index in [0.29, 0.717) is 29.0 Å². The van der Waals surface area contributed by atoms with Crippen molar-refractivity contribution in [2.75, 3.05) is 0 Å². The fourth-order valence-corrected chi connectivity index (χ4v) is 7.77. The molecule has 1 aromatic carbocycles. The number of carboxylic acid groups (broad SMARTS) is 1. The second-order valence-electron chi connectivity index (χ2n) is 10.8. The summed E-state index contributed by atoms with van der Waals surface area (Å²) in [6, 6.07) is 8.63. The summed E-state index contributed by atoms with van der Waals surface area (Å²) in [4.78, 5) is 32.8. The molecule has 0 amide bonds. The summed E-state index contributed by atoms with van der Waals surface area (Å²) in [6.07, 6.45) is 13.6. The zero-order valence-electron chi connectivity index (χ0n) is 18.7. The minimum atomic E-state index is -1.11. The van der Waals surface area contributed by atoms with Gasteiger partial charge in [0, 0.05) is 24.2 Å². The largest absolute Gasteiger partial charge is 0.475 e. The van der Waals surface area contributed by atoms with Crippen LogP contribution < -0.4 is 5.56 Å². The van der Waals surface area contributed by atoms with Crippen molar-refractivity contribution in [2.24, 2.45) is 11.8 Å². The Labute approximate surface area is 188 Å². The van der Waals surface area contributed by atoms with Crippen LogP contribution in [0.1, 0.15) is 87.3 Å². The number of para-hydroxylation sites is 1. The van der Waals surface area contributed by atoms with Gasteiger partial charge in [-0.1, -0.05) is 37.8 Å². The summed E-state index contributed by atoms with van der Waals surface area (Å²) >= 11 is 0. The molecule has 6 heteroatoms. The van der Waals surface area contributed by atoms with E-state index in [1.54, 1.807) is 18.2 Å². The van der Waals surface area contributed by atoms with Gasteiger partial charge >= 0.3 is 5.97 Å². The van der Waals surface area contributed by atoms with Gasteiger partial charge in [0.1, 0.15) is 0 Å². The number of fused-ring (bicyclic) bond motifs is 5. The van der Waals surface area contributed by atoms with Crippen LogP contribution in [0.4, 0.5) is 0 Å². The Morgan fingerprint density at radius 1 is 0.844 bits per heavy atom. The molecule has 2 aromatic rings. The van der Waals surface area contributed by atoms with E-state index in [9.17, 15) is 14.7 Å². The molecule has 0 spiro atoms. The molecule has 1 N–H and O–H groups in total. The van der Waals surface area contributed by atoms with E-state index in [4.69, 9.17) is 0 Å². The van der Waals surface area contributed by atoms with Crippen molar-refractivity contribution < 1.29 is 9.90 Å². The summed E-state index contributed by atoms with van der Waals surface area (Å²) in [5, 5.41) is 10.4. The van der Waals surface area contributed by atoms with Crippen molar-refractivity contribution in [1.82, 2.24) is 14.5 Å². The standard InChI is InChI=1S/C26H33N3O3/c30-25-22-9-1-2-10-23(22)27-24(26(31)32)29(25)21-14-18-7-4-8-19(15-21)28(18)20-12-16-5-3-6-17(11-16)13-20/h1-2,9-10,16-21H,3-8,11-15H2,(H,31,32)/t16-,17-,18+,19+/m1/s1. The summed E-state index contributed by atoms with van der Waals surface area (Å²) < 4.78 is 1.53. The predicted octanol–water partition coefficient (Wildman–Crippen LogP) is 4.62. The van der Waals surface area contributed by atoms with Crippen molar-refractivity contribution >= 4 is 16.9 Å². The second kappa shape index (κ2) is 7.98. The average Bonchev–Trinajstić information content (AvgIpc) is 2.78. The van der Waals surface area contributed by atoms with Gasteiger partial charge in [0.15, 0.2) is 0 Å². The summed E-state index contributed by atoms with van der Waals surface area (Å²) in [5.74, 6) is 0.590. The van der Waals surface area contributed by atoms with E-state index in [0.717, 1.165) is 37.5 Å². The molecular weight excluding hydrogens is 402 g/mol. The van der Waals surface area contributed by atoms with E-state index < -0.39 is 5.97 Å². The Kier molecular flexibility index (Phi) is 5.09. The molecule has 6 rings (SSSR count). The van der Waals surface area contributed by atoms with E-state index in [2.05, 4.69) is 9.88 Å². The zero-order chi connectivity index (χ0) is 21.8. The highest BCUT2D eigenvalue weighted by Crippen LogP contribution is 2.47. The molecule has 0 unspecified atom stereocenters. The van der Waals surface area contributed by atoms with Gasteiger partial charge in [0.05, 0.1) is 10.9 Å². The number of aromatic nitrogens is 2. The number of aromatic carboxylic acids is 1. The van der Waals surface area contributed by atoms with Crippen LogP contribution in [0.25, 0.3) is 10.9 Å². The lowest BCUT2D eigenvalue weighted by atomic mass is 9.68. The first-order valence-corrected chi connectivity index (χ1v) is 12.6. The van der Waals surface area contributed by atoms with Crippen molar-refractivity contribution in [3.8, 4) is 0 Å². The third kappa shape index (κ3) is 3.38. The van der Waals surface area contributed by atoms with E-state index >= 15 is 0 Å². The molecule has 32 heavy (non-hydrogen) atoms. The van der Waals surface area contributed by atoms with Gasteiger partial charge in [-0.3, -0.25) is 14.3 Å². The Morgan fingerprint density at radius 2 is 1.50 bits per heavy atom. The number of hydrogen-bond donors (Lipinski definition) is 1. The molecule has 4 atom stereocenters. The quantitative estimate of drug-likeness (QED) is 0.761. The first-order valence-electron chi connectivity index (χ1n) is 12.6. The fraction of sp³-hybridized carbons (Fsp3) is 0.654. The van der Waals surface area contributed by atoms with Crippen LogP contribution >= 0.6 is 0 Å². The highest BCUT2D eigenvalue weighted by Gasteiger charge is 2.45. The maximum absolute atomic E-state index is 13.4. The van der Waals surface area contributed by atoms with Gasteiger partial charge in [0.2, 0.25) is 5.82 Å². The monoisotopic (exact) mass is 435 g/mol. The van der Waals surface area contributed by atoms with Gasteiger partial charge in [0.25, 0.3) is 5.56 Å². The number of carboxylic acids is 1. The molecule has 2 saturated carbocycles. The van der Waals surface area contributed by atoms with Crippen LogP contribution in [-0.2, 0) is 0 Å². The summed E-state index contributed by atoms with van der Waals surface area (Å²) in [6.45, 7) is 0. The van der Waals surface area contributed by atoms with E-state index in [1.165, 1.54) is 49.5 Å². The van der Waals surface area contributed by atoms with Gasteiger partial charge in [-0.25, -0.2) is 9.78 Å². The Morgan fingerprint density at radius 3 is 2.19 bits per heavy atom. The van der Waals surface area contributed by atoms with Crippen LogP contribution in [0.3, 0.4) is 0 Å². The Hall–Kier alpha value is -2.21. The maximum Gasteiger partial charge on any atom is 0.372 e. The topological polar surface area (TPSA) is 75.4 Å². The minimum Gasteiger partial charge on any atom is -0.475 e. The number of piperidine rings is 2. The SMILES string of the molecule is O=C(O)c1nc2ccccc2c(=O)n1C1C[C@@H]2CCC[C@@H](C1)N2C1C[C@@H]2CCC[C@@H](C1)C2. The number of rotatable bonds is 3. The van der Waals surface area contributed by atoms with Crippen LogP contribution in [0, 0.1) is 11.8 Å². The summed E-state index contributed by atoms with van der Waals surface area (Å²) in [5.41, 5.74) is 0.272. The maximum atomic E-state index is 13.4. The first-order chi connectivity index (χ1) is 15.6. The highest BCUT2D eigenvalue weighted by atomic mass is 16.4. The second-order valence-corrected chi connectivity index (χ2v) is 10.8. The molecule has 2 aliphatic heterocycles. The molecule has 6 nitrogen and oxygen atoms in total. The van der Waals surface area contributed by atoms with Gasteiger partial charge < -0.3 is 5.11 Å². The van der Waals surface area contributed by atoms with E-state index in [1.807, 2.05) is 6.07 Å². The van der Waals surface area contributed by atoms with Crippen molar-refractivity contribution in [3.05, 3.63) is 40.4 Å². The normalized spacial score (nSPS) is 35.0. The van der Waals surface area contributed by atoms with E-state index in [-0.39, 0.29) is 17.4 Å². The lowest BCUT2D eigenvalue weighted by Gasteiger charge is -2.55. The van der Waals surface area contributed by atoms with Crippen molar-refractivity contribution in [1.29, 1.82) is 0 Å². The number of carbonyl (C=O) groups is 1. The molecule has 4 fully saturated rings. The highest BCUT2D eigenvalue weighted by molar-refractivity contribution is 5.87. The zero-order valence-corrected chi connectivity index (χ0v) is 18.7. The number of nitrogens with zero attached hydrogens (tertiary/aromatic N) is 3. The Balaban J connectivity index is 1.34. The van der Waals surface area contributed by atoms with Crippen LogP contribution in [0.5, 0.6) is 0 Å². The molecular formula is C26H33N3O3. The number of hydrogen-bond acceptors (Lipinski definition) is 4. The molecule has 0 radical (unpaired) electrons. The predicted molar refractivity (Wildman–Crippen MR) is 123 cm³/mol. The molecule has 4 aliphatic rings. The third-order valence-electron chi connectivity index (χ3n) is 8.89. The van der Waals surface area contributed by atoms with Gasteiger partial charge in [-0.2, -0.15) is 0 Å². The molecule has 3 heterocycles. The van der Waals surface area contributed by atoms with Gasteiger partial charge in [-0.15, -0.1) is 0 Å². The van der Waals surface area contributed by atoms with Crippen molar-refractivity contribution in [3.63, 3.8) is 0 Å².